The third-order valence-corrected chi connectivity index (χ3v) is 5.59. The van der Waals surface area contributed by atoms with Crippen LogP contribution in [0.4, 0.5) is 18.9 Å². The Morgan fingerprint density at radius 2 is 1.86 bits per heavy atom. The maximum absolute atomic E-state index is 12.6. The van der Waals surface area contributed by atoms with Crippen LogP contribution in [0.25, 0.3) is 0 Å². The molecule has 0 saturated carbocycles. The van der Waals surface area contributed by atoms with Gasteiger partial charge in [-0.25, -0.2) is 4.98 Å². The van der Waals surface area contributed by atoms with Crippen LogP contribution in [-0.2, 0) is 16.7 Å². The van der Waals surface area contributed by atoms with Crippen molar-refractivity contribution >= 4 is 35.1 Å². The van der Waals surface area contributed by atoms with E-state index >= 15 is 0 Å². The van der Waals surface area contributed by atoms with Crippen molar-refractivity contribution in [3.63, 3.8) is 0 Å². The summed E-state index contributed by atoms with van der Waals surface area (Å²) in [5.41, 5.74) is -0.202. The smallest absolute Gasteiger partial charge is 0.325 e. The number of carbonyl (C=O) groups is 1. The second kappa shape index (κ2) is 9.51. The Labute approximate surface area is 168 Å². The predicted octanol–water partition coefficient (Wildman–Crippen LogP) is 4.55. The molecule has 0 spiro atoms. The summed E-state index contributed by atoms with van der Waals surface area (Å²) in [5, 5.41) is 2.66. The first-order valence-electron chi connectivity index (χ1n) is 8.41. The number of aromatic nitrogens is 2. The number of nitrogens with zero attached hydrogens (tertiary/aromatic N) is 1. The van der Waals surface area contributed by atoms with E-state index in [9.17, 15) is 22.8 Å². The molecule has 1 amide bonds. The number of nitrogens with one attached hydrogen (secondary N) is 2. The quantitative estimate of drug-likeness (QED) is 0.497. The molecule has 1 aromatic heterocycles. The van der Waals surface area contributed by atoms with Gasteiger partial charge in [0.2, 0.25) is 5.91 Å². The van der Waals surface area contributed by atoms with E-state index in [1.54, 1.807) is 18.7 Å². The zero-order chi connectivity index (χ0) is 20.9. The van der Waals surface area contributed by atoms with Gasteiger partial charge in [0.05, 0.1) is 16.5 Å². The van der Waals surface area contributed by atoms with Crippen molar-refractivity contribution in [2.45, 2.75) is 48.4 Å². The lowest BCUT2D eigenvalue weighted by atomic mass is 10.2. The summed E-state index contributed by atoms with van der Waals surface area (Å²) in [4.78, 5) is 31.1. The molecule has 0 bridgehead atoms. The molecule has 0 saturated heterocycles. The average Bonchev–Trinajstić information content (AvgIpc) is 2.59. The van der Waals surface area contributed by atoms with Crippen molar-refractivity contribution in [3.8, 4) is 0 Å². The van der Waals surface area contributed by atoms with Gasteiger partial charge in [-0.05, 0) is 36.4 Å². The van der Waals surface area contributed by atoms with Crippen LogP contribution in [0, 0.1) is 0 Å². The fraction of sp³-hybridized carbons (Fsp3) is 0.389. The topological polar surface area (TPSA) is 74.8 Å². The molecule has 152 valence electrons. The van der Waals surface area contributed by atoms with Gasteiger partial charge < -0.3 is 10.3 Å². The van der Waals surface area contributed by atoms with Crippen LogP contribution in [0.3, 0.4) is 0 Å². The summed E-state index contributed by atoms with van der Waals surface area (Å²) in [6.45, 7) is 5.71. The molecular weight excluding hydrogens is 411 g/mol. The molecule has 0 aliphatic carbocycles. The molecule has 5 nitrogen and oxygen atoms in total. The number of alkyl halides is 3. The van der Waals surface area contributed by atoms with Crippen molar-refractivity contribution < 1.29 is 18.0 Å². The monoisotopic (exact) mass is 431 g/mol. The van der Waals surface area contributed by atoms with Crippen molar-refractivity contribution in [2.75, 3.05) is 5.32 Å². The Hall–Kier alpha value is -1.94. The molecule has 2 rings (SSSR count). The van der Waals surface area contributed by atoms with Crippen molar-refractivity contribution in [1.82, 2.24) is 9.97 Å². The number of benzene rings is 1. The Morgan fingerprint density at radius 1 is 1.21 bits per heavy atom. The second-order valence-electron chi connectivity index (χ2n) is 6.23. The number of thioether (sulfide) groups is 2. The van der Waals surface area contributed by atoms with Gasteiger partial charge in [0.1, 0.15) is 0 Å². The molecule has 0 fully saturated rings. The maximum Gasteiger partial charge on any atom is 0.416 e. The molecule has 0 aliphatic rings. The molecule has 1 heterocycles. The van der Waals surface area contributed by atoms with Crippen molar-refractivity contribution in [1.29, 1.82) is 0 Å². The molecule has 10 heteroatoms. The molecule has 2 aromatic rings. The Morgan fingerprint density at radius 3 is 2.43 bits per heavy atom. The first kappa shape index (κ1) is 22.4. The van der Waals surface area contributed by atoms with E-state index in [4.69, 9.17) is 0 Å². The van der Waals surface area contributed by atoms with Gasteiger partial charge in [-0.3, -0.25) is 9.59 Å². The number of H-pyrrole nitrogens is 1. The van der Waals surface area contributed by atoms with Gasteiger partial charge in [-0.15, -0.1) is 0 Å². The van der Waals surface area contributed by atoms with Crippen LogP contribution in [-0.4, -0.2) is 26.4 Å². The number of halogens is 3. The van der Waals surface area contributed by atoms with Gasteiger partial charge in [0.25, 0.3) is 5.56 Å². The lowest BCUT2D eigenvalue weighted by Gasteiger charge is -2.13. The summed E-state index contributed by atoms with van der Waals surface area (Å²) < 4.78 is 37.8. The zero-order valence-electron chi connectivity index (χ0n) is 15.5. The summed E-state index contributed by atoms with van der Waals surface area (Å²) in [6.07, 6.45) is -4.43. The lowest BCUT2D eigenvalue weighted by molar-refractivity contribution is -0.137. The third kappa shape index (κ3) is 6.90. The third-order valence-electron chi connectivity index (χ3n) is 3.47. The lowest BCUT2D eigenvalue weighted by Crippen LogP contribution is -2.23. The van der Waals surface area contributed by atoms with E-state index < -0.39 is 22.9 Å². The first-order chi connectivity index (χ1) is 13.0. The second-order valence-corrected chi connectivity index (χ2v) is 9.12. The van der Waals surface area contributed by atoms with E-state index in [0.717, 1.165) is 23.9 Å². The molecule has 1 atom stereocenters. The van der Waals surface area contributed by atoms with E-state index in [0.29, 0.717) is 21.9 Å². The minimum Gasteiger partial charge on any atom is -0.325 e. The number of carbonyl (C=O) groups excluding carboxylic acids is 1. The Bertz CT molecular complexity index is 868. The Kier molecular flexibility index (Phi) is 7.59. The fourth-order valence-electron chi connectivity index (χ4n) is 2.07. The van der Waals surface area contributed by atoms with E-state index in [1.165, 1.54) is 18.2 Å². The van der Waals surface area contributed by atoms with Gasteiger partial charge >= 0.3 is 6.18 Å². The predicted molar refractivity (Wildman–Crippen MR) is 107 cm³/mol. The SMILES string of the molecule is CC(C)SCc1cc(=O)[nH]c(SC(C)C(=O)Nc2ccc(C(F)(F)F)cc2)n1. The van der Waals surface area contributed by atoms with E-state index in [2.05, 4.69) is 15.3 Å². The van der Waals surface area contributed by atoms with E-state index in [-0.39, 0.29) is 11.2 Å². The molecule has 0 radical (unpaired) electrons. The number of hydrogen-bond acceptors (Lipinski definition) is 5. The van der Waals surface area contributed by atoms with Crippen molar-refractivity contribution in [2.24, 2.45) is 0 Å². The summed E-state index contributed by atoms with van der Waals surface area (Å²) in [7, 11) is 0. The highest BCUT2D eigenvalue weighted by atomic mass is 32.2. The van der Waals surface area contributed by atoms with Crippen molar-refractivity contribution in [3.05, 3.63) is 51.9 Å². The van der Waals surface area contributed by atoms with Crippen LogP contribution in [0.15, 0.2) is 40.3 Å². The van der Waals surface area contributed by atoms with Crippen LogP contribution >= 0.6 is 23.5 Å². The molecular formula is C18H20F3N3O2S2. The summed E-state index contributed by atoms with van der Waals surface area (Å²) in [6, 6.07) is 5.63. The molecule has 1 aromatic carbocycles. The maximum atomic E-state index is 12.6. The minimum atomic E-state index is -4.43. The molecule has 2 N–H and O–H groups in total. The van der Waals surface area contributed by atoms with E-state index in [1.807, 2.05) is 13.8 Å². The van der Waals surface area contributed by atoms with Crippen LogP contribution in [0.1, 0.15) is 32.0 Å². The van der Waals surface area contributed by atoms with Crippen LogP contribution in [0.2, 0.25) is 0 Å². The summed E-state index contributed by atoms with van der Waals surface area (Å²) >= 11 is 2.72. The molecule has 0 aliphatic heterocycles. The summed E-state index contributed by atoms with van der Waals surface area (Å²) in [5.74, 6) is 0.177. The fourth-order valence-corrected chi connectivity index (χ4v) is 3.55. The van der Waals surface area contributed by atoms with Crippen LogP contribution in [0.5, 0.6) is 0 Å². The van der Waals surface area contributed by atoms with Gasteiger partial charge in [0.15, 0.2) is 5.16 Å². The number of amides is 1. The zero-order valence-corrected chi connectivity index (χ0v) is 17.1. The highest BCUT2D eigenvalue weighted by Crippen LogP contribution is 2.30. The largest absolute Gasteiger partial charge is 0.416 e. The normalized spacial score (nSPS) is 12.8. The first-order valence-corrected chi connectivity index (χ1v) is 10.3. The van der Waals surface area contributed by atoms with Gasteiger partial charge in [-0.1, -0.05) is 25.6 Å². The number of anilines is 1. The van der Waals surface area contributed by atoms with Gasteiger partial charge in [0, 0.05) is 17.5 Å². The minimum absolute atomic E-state index is 0.258. The molecule has 28 heavy (non-hydrogen) atoms. The highest BCUT2D eigenvalue weighted by Gasteiger charge is 2.30. The number of hydrogen-bond donors (Lipinski definition) is 2. The Balaban J connectivity index is 2.01. The standard InChI is InChI=1S/C18H20F3N3O2S2/c1-10(2)27-9-14-8-15(25)24-17(23-14)28-11(3)16(26)22-13-6-4-12(5-7-13)18(19,20)21/h4-8,10-11H,9H2,1-3H3,(H,22,26)(H,23,24,25). The number of rotatable bonds is 7. The highest BCUT2D eigenvalue weighted by molar-refractivity contribution is 8.00. The average molecular weight is 432 g/mol. The van der Waals surface area contributed by atoms with Gasteiger partial charge in [-0.2, -0.15) is 24.9 Å². The molecule has 1 unspecified atom stereocenters. The van der Waals surface area contributed by atoms with Crippen LogP contribution < -0.4 is 10.9 Å². The number of aromatic amines is 1.